The van der Waals surface area contributed by atoms with Gasteiger partial charge in [0, 0.05) is 16.2 Å². The summed E-state index contributed by atoms with van der Waals surface area (Å²) in [4.78, 5) is 9.21. The Morgan fingerprint density at radius 2 is 1.68 bits per heavy atom. The van der Waals surface area contributed by atoms with Crippen molar-refractivity contribution in [2.75, 3.05) is 0 Å². The maximum absolute atomic E-state index is 12.6. The molecular formula is C15H12ClF3N2S. The van der Waals surface area contributed by atoms with Gasteiger partial charge in [-0.25, -0.2) is 9.97 Å². The van der Waals surface area contributed by atoms with E-state index < -0.39 is 11.7 Å². The minimum absolute atomic E-state index is 0.190. The fraction of sp³-hybridized carbons (Fsp3) is 0.333. The third-order valence-corrected chi connectivity index (χ3v) is 4.72. The molecule has 0 saturated heterocycles. The van der Waals surface area contributed by atoms with Crippen LogP contribution in [0.3, 0.4) is 0 Å². The van der Waals surface area contributed by atoms with Crippen LogP contribution in [0.1, 0.15) is 29.7 Å². The second-order valence-electron chi connectivity index (χ2n) is 5.05. The Morgan fingerprint density at radius 3 is 2.36 bits per heavy atom. The van der Waals surface area contributed by atoms with Gasteiger partial charge in [-0.3, -0.25) is 0 Å². The quantitative estimate of drug-likeness (QED) is 0.554. The number of halogens is 4. The molecule has 22 heavy (non-hydrogen) atoms. The first-order valence-corrected chi connectivity index (χ1v) is 8.03. The molecule has 1 aromatic heterocycles. The summed E-state index contributed by atoms with van der Waals surface area (Å²) in [6, 6.07) is 5.08. The number of rotatable bonds is 2. The molecule has 1 aliphatic carbocycles. The van der Waals surface area contributed by atoms with E-state index >= 15 is 0 Å². The summed E-state index contributed by atoms with van der Waals surface area (Å²) in [6.07, 6.45) is -0.419. The van der Waals surface area contributed by atoms with E-state index in [1.807, 2.05) is 0 Å². The maximum atomic E-state index is 12.6. The van der Waals surface area contributed by atoms with Crippen LogP contribution in [0.5, 0.6) is 0 Å². The lowest BCUT2D eigenvalue weighted by atomic mass is 9.98. The van der Waals surface area contributed by atoms with Crippen molar-refractivity contribution in [3.05, 3.63) is 46.4 Å². The predicted molar refractivity (Wildman–Crippen MR) is 79.3 cm³/mol. The number of benzene rings is 1. The topological polar surface area (TPSA) is 25.8 Å². The van der Waals surface area contributed by atoms with E-state index in [-0.39, 0.29) is 5.28 Å². The highest BCUT2D eigenvalue weighted by molar-refractivity contribution is 7.99. The highest BCUT2D eigenvalue weighted by atomic mass is 35.5. The molecule has 0 spiro atoms. The zero-order valence-electron chi connectivity index (χ0n) is 11.5. The fourth-order valence-corrected chi connectivity index (χ4v) is 3.65. The molecule has 3 rings (SSSR count). The number of aromatic nitrogens is 2. The molecular weight excluding hydrogens is 333 g/mol. The first-order chi connectivity index (χ1) is 10.4. The lowest BCUT2D eigenvalue weighted by molar-refractivity contribution is -0.137. The number of nitrogens with zero attached hydrogens (tertiary/aromatic N) is 2. The number of hydrogen-bond acceptors (Lipinski definition) is 3. The Labute approximate surface area is 135 Å². The SMILES string of the molecule is FC(F)(F)c1ccc(Sc2nc(Cl)nc3c2CCCC3)cc1. The predicted octanol–water partition coefficient (Wildman–Crippen LogP) is 5.18. The molecule has 0 saturated carbocycles. The Hall–Kier alpha value is -1.27. The monoisotopic (exact) mass is 344 g/mol. The van der Waals surface area contributed by atoms with Gasteiger partial charge < -0.3 is 0 Å². The van der Waals surface area contributed by atoms with Gasteiger partial charge in [0.2, 0.25) is 5.28 Å². The molecule has 0 fully saturated rings. The average Bonchev–Trinajstić information content (AvgIpc) is 2.46. The molecule has 1 aliphatic rings. The molecule has 2 nitrogen and oxygen atoms in total. The van der Waals surface area contributed by atoms with Crippen LogP contribution in [0.4, 0.5) is 13.2 Å². The molecule has 1 aromatic carbocycles. The molecule has 7 heteroatoms. The number of hydrogen-bond donors (Lipinski definition) is 0. The van der Waals surface area contributed by atoms with E-state index in [4.69, 9.17) is 11.6 Å². The lowest BCUT2D eigenvalue weighted by Gasteiger charge is -2.17. The Balaban J connectivity index is 1.88. The van der Waals surface area contributed by atoms with Crippen molar-refractivity contribution in [3.8, 4) is 0 Å². The van der Waals surface area contributed by atoms with Gasteiger partial charge in [0.05, 0.1) is 5.56 Å². The van der Waals surface area contributed by atoms with Crippen molar-refractivity contribution < 1.29 is 13.2 Å². The number of alkyl halides is 3. The van der Waals surface area contributed by atoms with Crippen LogP contribution < -0.4 is 0 Å². The van der Waals surface area contributed by atoms with Crippen molar-refractivity contribution in [2.24, 2.45) is 0 Å². The van der Waals surface area contributed by atoms with Gasteiger partial charge in [-0.05, 0) is 61.5 Å². The standard InChI is InChI=1S/C15H12ClF3N2S/c16-14-20-12-4-2-1-3-11(12)13(21-14)22-10-7-5-9(6-8-10)15(17,18)19/h5-8H,1-4H2. The zero-order chi connectivity index (χ0) is 15.7. The van der Waals surface area contributed by atoms with Crippen LogP contribution in [-0.4, -0.2) is 9.97 Å². The normalized spacial score (nSPS) is 14.7. The van der Waals surface area contributed by atoms with Crippen molar-refractivity contribution in [1.29, 1.82) is 0 Å². The minimum atomic E-state index is -4.32. The van der Waals surface area contributed by atoms with E-state index in [0.717, 1.165) is 54.1 Å². The first-order valence-electron chi connectivity index (χ1n) is 6.84. The van der Waals surface area contributed by atoms with Gasteiger partial charge in [-0.1, -0.05) is 11.8 Å². The molecule has 0 N–H and O–H groups in total. The van der Waals surface area contributed by atoms with Crippen LogP contribution in [0, 0.1) is 0 Å². The molecule has 2 aromatic rings. The van der Waals surface area contributed by atoms with E-state index in [9.17, 15) is 13.2 Å². The molecule has 0 bridgehead atoms. The summed E-state index contributed by atoms with van der Waals surface area (Å²) in [5, 5.41) is 0.935. The summed E-state index contributed by atoms with van der Waals surface area (Å²) in [5.41, 5.74) is 1.38. The van der Waals surface area contributed by atoms with Crippen molar-refractivity contribution in [1.82, 2.24) is 9.97 Å². The summed E-state index contributed by atoms with van der Waals surface area (Å²) >= 11 is 7.28. The fourth-order valence-electron chi connectivity index (χ4n) is 2.44. The van der Waals surface area contributed by atoms with Crippen molar-refractivity contribution in [3.63, 3.8) is 0 Å². The Morgan fingerprint density at radius 1 is 1.00 bits per heavy atom. The first kappa shape index (κ1) is 15.6. The van der Waals surface area contributed by atoms with E-state index in [0.29, 0.717) is 4.90 Å². The van der Waals surface area contributed by atoms with Gasteiger partial charge in [0.1, 0.15) is 5.03 Å². The third-order valence-electron chi connectivity index (χ3n) is 3.51. The molecule has 0 radical (unpaired) electrons. The smallest absolute Gasteiger partial charge is 0.223 e. The highest BCUT2D eigenvalue weighted by Crippen LogP contribution is 2.36. The molecule has 0 amide bonds. The lowest BCUT2D eigenvalue weighted by Crippen LogP contribution is -2.09. The summed E-state index contributed by atoms with van der Waals surface area (Å²) in [6.45, 7) is 0. The van der Waals surface area contributed by atoms with Gasteiger partial charge >= 0.3 is 6.18 Å². The van der Waals surface area contributed by atoms with Crippen LogP contribution in [0.25, 0.3) is 0 Å². The molecule has 0 atom stereocenters. The van der Waals surface area contributed by atoms with Crippen molar-refractivity contribution >= 4 is 23.4 Å². The highest BCUT2D eigenvalue weighted by Gasteiger charge is 2.30. The molecule has 0 aliphatic heterocycles. The maximum Gasteiger partial charge on any atom is 0.416 e. The summed E-state index contributed by atoms with van der Waals surface area (Å²) in [7, 11) is 0. The van der Waals surface area contributed by atoms with Crippen LogP contribution >= 0.6 is 23.4 Å². The minimum Gasteiger partial charge on any atom is -0.223 e. The van der Waals surface area contributed by atoms with E-state index in [1.54, 1.807) is 0 Å². The summed E-state index contributed by atoms with van der Waals surface area (Å²) in [5.74, 6) is 0. The second-order valence-corrected chi connectivity index (χ2v) is 6.45. The van der Waals surface area contributed by atoms with Crippen molar-refractivity contribution in [2.45, 2.75) is 41.8 Å². The van der Waals surface area contributed by atoms with Crippen LogP contribution in [0.2, 0.25) is 5.28 Å². The van der Waals surface area contributed by atoms with Gasteiger partial charge in [-0.2, -0.15) is 13.2 Å². The molecule has 116 valence electrons. The van der Waals surface area contributed by atoms with Crippen LogP contribution in [-0.2, 0) is 19.0 Å². The van der Waals surface area contributed by atoms with Gasteiger partial charge in [-0.15, -0.1) is 0 Å². The molecule has 0 unspecified atom stereocenters. The van der Waals surface area contributed by atoms with Gasteiger partial charge in [0.25, 0.3) is 0 Å². The molecule has 1 heterocycles. The largest absolute Gasteiger partial charge is 0.416 e. The number of aryl methyl sites for hydroxylation is 1. The Kier molecular flexibility index (Phi) is 4.32. The van der Waals surface area contributed by atoms with Crippen LogP contribution in [0.15, 0.2) is 34.2 Å². The Bertz CT molecular complexity index is 686. The third kappa shape index (κ3) is 3.38. The zero-order valence-corrected chi connectivity index (χ0v) is 13.0. The van der Waals surface area contributed by atoms with Gasteiger partial charge in [0.15, 0.2) is 0 Å². The second kappa shape index (κ2) is 6.08. The van der Waals surface area contributed by atoms with E-state index in [1.165, 1.54) is 23.9 Å². The number of fused-ring (bicyclic) bond motifs is 1. The average molecular weight is 345 g/mol. The van der Waals surface area contributed by atoms with E-state index in [2.05, 4.69) is 9.97 Å². The summed E-state index contributed by atoms with van der Waals surface area (Å²) < 4.78 is 37.7.